The van der Waals surface area contributed by atoms with Gasteiger partial charge in [0.25, 0.3) is 0 Å². The summed E-state index contributed by atoms with van der Waals surface area (Å²) in [6.45, 7) is 5.63. The van der Waals surface area contributed by atoms with Crippen molar-refractivity contribution in [3.63, 3.8) is 0 Å². The molecular weight excluding hydrogens is 508 g/mol. The zero-order valence-electron chi connectivity index (χ0n) is 22.9. The minimum absolute atomic E-state index is 0.361. The van der Waals surface area contributed by atoms with Crippen LogP contribution in [-0.2, 0) is 41.7 Å². The fourth-order valence-corrected chi connectivity index (χ4v) is 4.69. The summed E-state index contributed by atoms with van der Waals surface area (Å²) in [6, 6.07) is 29.4. The van der Waals surface area contributed by atoms with Gasteiger partial charge >= 0.3 is 0 Å². The first-order valence-electron chi connectivity index (χ1n) is 13.9. The normalized spacial score (nSPS) is 18.4. The fraction of sp³-hybridized carbons (Fsp3) is 0.375. The third kappa shape index (κ3) is 8.30. The summed E-state index contributed by atoms with van der Waals surface area (Å²) in [5.41, 5.74) is 2.27. The summed E-state index contributed by atoms with van der Waals surface area (Å²) in [7, 11) is 0. The van der Waals surface area contributed by atoms with Crippen molar-refractivity contribution in [3.8, 4) is 0 Å². The monoisotopic (exact) mass is 546 g/mol. The Morgan fingerprint density at radius 1 is 0.400 bits per heavy atom. The lowest BCUT2D eigenvalue weighted by Gasteiger charge is -2.33. The van der Waals surface area contributed by atoms with Crippen LogP contribution in [0.25, 0.3) is 21.5 Å². The molecule has 0 radical (unpaired) electrons. The first-order valence-corrected chi connectivity index (χ1v) is 13.9. The molecule has 0 spiro atoms. The minimum atomic E-state index is 0.361. The van der Waals surface area contributed by atoms with E-state index in [0.717, 1.165) is 11.1 Å². The van der Waals surface area contributed by atoms with Crippen molar-refractivity contribution in [2.75, 3.05) is 66.1 Å². The van der Waals surface area contributed by atoms with Gasteiger partial charge in [0.05, 0.1) is 79.2 Å². The molecule has 0 amide bonds. The van der Waals surface area contributed by atoms with E-state index >= 15 is 0 Å². The molecule has 0 aromatic heterocycles. The topological polar surface area (TPSA) is 61.9 Å². The summed E-state index contributed by atoms with van der Waals surface area (Å²) < 4.78 is 22.7. The maximum absolute atomic E-state index is 6.34. The Hall–Kier alpha value is -2.92. The van der Waals surface area contributed by atoms with E-state index in [1.807, 2.05) is 0 Å². The van der Waals surface area contributed by atoms with Gasteiger partial charge in [-0.2, -0.15) is 0 Å². The van der Waals surface area contributed by atoms with Crippen LogP contribution in [0.2, 0.25) is 0 Å². The second-order valence-electron chi connectivity index (χ2n) is 9.41. The third-order valence-corrected chi connectivity index (χ3v) is 6.67. The number of hydrazine groups is 1. The zero-order valence-corrected chi connectivity index (χ0v) is 22.9. The third-order valence-electron chi connectivity index (χ3n) is 6.67. The molecule has 4 aromatic rings. The molecule has 0 bridgehead atoms. The SMILES string of the molecule is c1ccc2c(CN3OCCOCCOCCOCCOCCON3Cc3cccc4ccccc34)cccc2c1. The Morgan fingerprint density at radius 3 is 1.18 bits per heavy atom. The quantitative estimate of drug-likeness (QED) is 0.348. The number of rotatable bonds is 4. The number of hydrogen-bond donors (Lipinski definition) is 0. The van der Waals surface area contributed by atoms with Gasteiger partial charge in [0.15, 0.2) is 0 Å². The van der Waals surface area contributed by atoms with Crippen molar-refractivity contribution >= 4 is 21.5 Å². The predicted molar refractivity (Wildman–Crippen MR) is 154 cm³/mol. The van der Waals surface area contributed by atoms with E-state index in [1.165, 1.54) is 21.5 Å². The van der Waals surface area contributed by atoms with Gasteiger partial charge < -0.3 is 18.9 Å². The van der Waals surface area contributed by atoms with Crippen LogP contribution in [0.4, 0.5) is 0 Å². The lowest BCUT2D eigenvalue weighted by atomic mass is 10.0. The average Bonchev–Trinajstić information content (AvgIpc) is 2.99. The molecular formula is C32H38N2O6. The highest BCUT2D eigenvalue weighted by Crippen LogP contribution is 2.24. The van der Waals surface area contributed by atoms with E-state index in [9.17, 15) is 0 Å². The lowest BCUT2D eigenvalue weighted by Crippen LogP contribution is -2.43. The number of hydrogen-bond acceptors (Lipinski definition) is 8. The molecule has 1 aliphatic heterocycles. The molecule has 212 valence electrons. The number of nitrogens with zero attached hydrogens (tertiary/aromatic N) is 2. The molecule has 0 unspecified atom stereocenters. The van der Waals surface area contributed by atoms with Crippen LogP contribution in [0.15, 0.2) is 84.9 Å². The summed E-state index contributed by atoms with van der Waals surface area (Å²) in [4.78, 5) is 12.7. The molecule has 8 heteroatoms. The van der Waals surface area contributed by atoms with Crippen LogP contribution in [0.1, 0.15) is 11.1 Å². The number of fused-ring (bicyclic) bond motifs is 2. The van der Waals surface area contributed by atoms with E-state index in [1.54, 1.807) is 10.3 Å². The molecule has 8 nitrogen and oxygen atoms in total. The Morgan fingerprint density at radius 2 is 0.750 bits per heavy atom. The Bertz CT molecular complexity index is 1210. The van der Waals surface area contributed by atoms with Crippen molar-refractivity contribution in [1.82, 2.24) is 10.3 Å². The van der Waals surface area contributed by atoms with E-state index in [-0.39, 0.29) is 0 Å². The van der Waals surface area contributed by atoms with Crippen molar-refractivity contribution in [2.24, 2.45) is 0 Å². The van der Waals surface area contributed by atoms with Crippen LogP contribution in [-0.4, -0.2) is 76.4 Å². The highest BCUT2D eigenvalue weighted by Gasteiger charge is 2.21. The van der Waals surface area contributed by atoms with Gasteiger partial charge in [-0.05, 0) is 32.7 Å². The predicted octanol–water partition coefficient (Wildman–Crippen LogP) is 5.16. The summed E-state index contributed by atoms with van der Waals surface area (Å²) in [5, 5.41) is 8.32. The van der Waals surface area contributed by atoms with Crippen molar-refractivity contribution in [3.05, 3.63) is 96.1 Å². The molecule has 1 aliphatic rings. The second-order valence-corrected chi connectivity index (χ2v) is 9.41. The van der Waals surface area contributed by atoms with E-state index in [0.29, 0.717) is 79.2 Å². The van der Waals surface area contributed by atoms with Crippen LogP contribution in [0.5, 0.6) is 0 Å². The maximum Gasteiger partial charge on any atom is 0.0936 e. The van der Waals surface area contributed by atoms with Gasteiger partial charge in [-0.15, -0.1) is 0 Å². The number of benzene rings is 4. The molecule has 0 saturated carbocycles. The van der Waals surface area contributed by atoms with Crippen LogP contribution in [0, 0.1) is 0 Å². The minimum Gasteiger partial charge on any atom is -0.377 e. The van der Waals surface area contributed by atoms with Crippen LogP contribution < -0.4 is 0 Å². The van der Waals surface area contributed by atoms with Crippen LogP contribution >= 0.6 is 0 Å². The molecule has 40 heavy (non-hydrogen) atoms. The van der Waals surface area contributed by atoms with Gasteiger partial charge in [0.1, 0.15) is 0 Å². The Kier molecular flexibility index (Phi) is 11.3. The largest absolute Gasteiger partial charge is 0.377 e. The van der Waals surface area contributed by atoms with Crippen molar-refractivity contribution < 1.29 is 28.6 Å². The highest BCUT2D eigenvalue weighted by molar-refractivity contribution is 5.86. The summed E-state index contributed by atoms with van der Waals surface area (Å²) >= 11 is 0. The first kappa shape index (κ1) is 28.6. The van der Waals surface area contributed by atoms with Gasteiger partial charge in [0, 0.05) is 0 Å². The molecule has 5 rings (SSSR count). The summed E-state index contributed by atoms with van der Waals surface area (Å²) in [5.74, 6) is 0. The lowest BCUT2D eigenvalue weighted by molar-refractivity contribution is -0.418. The zero-order chi connectivity index (χ0) is 27.2. The maximum atomic E-state index is 6.34. The van der Waals surface area contributed by atoms with Crippen molar-refractivity contribution in [2.45, 2.75) is 13.1 Å². The number of hydroxylamine groups is 2. The molecule has 0 atom stereocenters. The van der Waals surface area contributed by atoms with Gasteiger partial charge in [0.2, 0.25) is 0 Å². The highest BCUT2D eigenvalue weighted by atomic mass is 16.8. The van der Waals surface area contributed by atoms with Gasteiger partial charge in [-0.1, -0.05) is 95.3 Å². The molecule has 4 aromatic carbocycles. The standard InChI is InChI=1S/C32H38N2O6/c1-3-13-31-27(7-1)9-5-11-29(31)25-33-34(26-30-12-6-10-28-8-2-4-14-32(28)30)40-24-22-38-20-18-36-16-15-35-17-19-37-21-23-39-33/h1-14H,15-26H2. The molecule has 1 saturated heterocycles. The molecule has 1 heterocycles. The van der Waals surface area contributed by atoms with E-state index in [4.69, 9.17) is 28.6 Å². The number of ether oxygens (including phenoxy) is 4. The average molecular weight is 547 g/mol. The van der Waals surface area contributed by atoms with Crippen LogP contribution in [0.3, 0.4) is 0 Å². The second kappa shape index (κ2) is 15.8. The smallest absolute Gasteiger partial charge is 0.0936 e. The van der Waals surface area contributed by atoms with Crippen molar-refractivity contribution in [1.29, 1.82) is 0 Å². The molecule has 0 aliphatic carbocycles. The summed E-state index contributed by atoms with van der Waals surface area (Å²) in [6.07, 6.45) is 0. The van der Waals surface area contributed by atoms with E-state index < -0.39 is 0 Å². The molecule has 0 N–H and O–H groups in total. The fourth-order valence-electron chi connectivity index (χ4n) is 4.69. The van der Waals surface area contributed by atoms with Gasteiger partial charge in [-0.3, -0.25) is 9.68 Å². The Balaban J connectivity index is 1.40. The van der Waals surface area contributed by atoms with Gasteiger partial charge in [-0.25, -0.2) is 0 Å². The Labute approximate surface area is 235 Å². The molecule has 1 fully saturated rings. The first-order chi connectivity index (χ1) is 19.9. The van der Waals surface area contributed by atoms with E-state index in [2.05, 4.69) is 84.9 Å².